The number of morpholine rings is 1. The maximum atomic E-state index is 12.3. The molecule has 1 aromatic rings. The van der Waals surface area contributed by atoms with Crippen molar-refractivity contribution in [1.82, 2.24) is 20.0 Å². The molecule has 150 valence electrons. The molecule has 2 fully saturated rings. The highest BCUT2D eigenvalue weighted by molar-refractivity contribution is 5.97. The van der Waals surface area contributed by atoms with E-state index in [-0.39, 0.29) is 17.4 Å². The van der Waals surface area contributed by atoms with Crippen molar-refractivity contribution >= 4 is 11.8 Å². The predicted molar refractivity (Wildman–Crippen MR) is 100 cm³/mol. The summed E-state index contributed by atoms with van der Waals surface area (Å²) in [5, 5.41) is 12.1. The number of amides is 2. The molecule has 2 amide bonds. The van der Waals surface area contributed by atoms with Crippen LogP contribution in [0.3, 0.4) is 0 Å². The quantitative estimate of drug-likeness (QED) is 0.537. The molecule has 0 aliphatic carbocycles. The number of nitrogens with one attached hydrogen (secondary N) is 1. The van der Waals surface area contributed by atoms with Gasteiger partial charge < -0.3 is 24.3 Å². The monoisotopic (exact) mass is 387 g/mol. The summed E-state index contributed by atoms with van der Waals surface area (Å²) < 4.78 is 10.4. The van der Waals surface area contributed by atoms with Gasteiger partial charge in [-0.05, 0) is 12.1 Å². The first-order chi connectivity index (χ1) is 13.7. The molecule has 0 bridgehead atoms. The topological polar surface area (TPSA) is 102 Å². The largest absolute Gasteiger partial charge is 0.459 e. The number of ether oxygens (including phenoxy) is 1. The second-order valence-electron chi connectivity index (χ2n) is 6.67. The number of piperazine rings is 1. The Morgan fingerprint density at radius 2 is 1.93 bits per heavy atom. The van der Waals surface area contributed by atoms with Crippen molar-refractivity contribution in [3.63, 3.8) is 0 Å². The van der Waals surface area contributed by atoms with Crippen molar-refractivity contribution in [2.24, 2.45) is 0 Å². The predicted octanol–water partition coefficient (Wildman–Crippen LogP) is -0.107. The van der Waals surface area contributed by atoms with Crippen molar-refractivity contribution in [2.45, 2.75) is 0 Å². The molecule has 0 aromatic carbocycles. The molecule has 0 radical (unpaired) electrons. The number of nitrogens with zero attached hydrogens (tertiary/aromatic N) is 4. The van der Waals surface area contributed by atoms with Gasteiger partial charge in [0, 0.05) is 58.6 Å². The van der Waals surface area contributed by atoms with Gasteiger partial charge in [0.1, 0.15) is 11.6 Å². The molecule has 9 heteroatoms. The smallest absolute Gasteiger partial charge is 0.289 e. The minimum atomic E-state index is -0.371. The second kappa shape index (κ2) is 9.92. The first kappa shape index (κ1) is 19.9. The highest BCUT2D eigenvalue weighted by atomic mass is 16.5. The molecule has 1 aromatic heterocycles. The second-order valence-corrected chi connectivity index (χ2v) is 6.67. The summed E-state index contributed by atoms with van der Waals surface area (Å²) >= 11 is 0. The van der Waals surface area contributed by atoms with Crippen molar-refractivity contribution in [3.05, 3.63) is 35.9 Å². The van der Waals surface area contributed by atoms with Gasteiger partial charge in [0.2, 0.25) is 0 Å². The Hall–Kier alpha value is -2.83. The third kappa shape index (κ3) is 5.34. The molecule has 28 heavy (non-hydrogen) atoms. The number of hydrogen-bond donors (Lipinski definition) is 1. The van der Waals surface area contributed by atoms with E-state index in [9.17, 15) is 14.9 Å². The van der Waals surface area contributed by atoms with E-state index in [1.54, 1.807) is 23.2 Å². The molecule has 2 aliphatic heterocycles. The maximum Gasteiger partial charge on any atom is 0.289 e. The van der Waals surface area contributed by atoms with Crippen molar-refractivity contribution in [3.8, 4) is 6.07 Å². The van der Waals surface area contributed by atoms with E-state index in [1.165, 1.54) is 6.26 Å². The van der Waals surface area contributed by atoms with Crippen LogP contribution in [0.4, 0.5) is 0 Å². The lowest BCUT2D eigenvalue weighted by atomic mass is 10.2. The summed E-state index contributed by atoms with van der Waals surface area (Å²) in [4.78, 5) is 30.4. The van der Waals surface area contributed by atoms with Gasteiger partial charge in [0.05, 0.1) is 19.5 Å². The summed E-state index contributed by atoms with van der Waals surface area (Å²) in [6, 6.07) is 5.30. The van der Waals surface area contributed by atoms with Gasteiger partial charge in [0.15, 0.2) is 5.76 Å². The average molecular weight is 387 g/mol. The molecule has 3 heterocycles. The fourth-order valence-electron chi connectivity index (χ4n) is 3.18. The molecule has 0 atom stereocenters. The lowest BCUT2D eigenvalue weighted by Gasteiger charge is -2.33. The van der Waals surface area contributed by atoms with Crippen molar-refractivity contribution in [1.29, 1.82) is 5.26 Å². The molecule has 1 N–H and O–H groups in total. The first-order valence-corrected chi connectivity index (χ1v) is 9.44. The molecule has 0 unspecified atom stereocenters. The van der Waals surface area contributed by atoms with E-state index in [0.29, 0.717) is 51.7 Å². The normalized spacial score (nSPS) is 18.6. The van der Waals surface area contributed by atoms with Crippen molar-refractivity contribution < 1.29 is 18.7 Å². The zero-order valence-electron chi connectivity index (χ0n) is 15.8. The van der Waals surface area contributed by atoms with Gasteiger partial charge in [-0.1, -0.05) is 0 Å². The van der Waals surface area contributed by atoms with Crippen molar-refractivity contribution in [2.75, 3.05) is 65.6 Å². The number of nitriles is 1. The van der Waals surface area contributed by atoms with Crippen LogP contribution in [0.15, 0.2) is 34.6 Å². The molecule has 2 aliphatic rings. The highest BCUT2D eigenvalue weighted by Crippen LogP contribution is 2.10. The summed E-state index contributed by atoms with van der Waals surface area (Å²) in [7, 11) is 0. The third-order valence-electron chi connectivity index (χ3n) is 4.83. The van der Waals surface area contributed by atoms with Crippen LogP contribution in [-0.4, -0.2) is 92.1 Å². The Bertz CT molecular complexity index is 726. The number of hydrogen-bond acceptors (Lipinski definition) is 7. The Balaban J connectivity index is 1.44. The Kier molecular flexibility index (Phi) is 7.06. The van der Waals surface area contributed by atoms with Crippen LogP contribution in [0.5, 0.6) is 0 Å². The van der Waals surface area contributed by atoms with E-state index in [2.05, 4.69) is 10.2 Å². The van der Waals surface area contributed by atoms with Gasteiger partial charge in [-0.2, -0.15) is 5.26 Å². The van der Waals surface area contributed by atoms with Crippen LogP contribution in [0.1, 0.15) is 10.6 Å². The summed E-state index contributed by atoms with van der Waals surface area (Å²) in [5.74, 6) is -0.193. The Morgan fingerprint density at radius 3 is 2.57 bits per heavy atom. The molecular formula is C19H25N5O4. The number of carbonyl (C=O) groups excluding carboxylic acids is 2. The van der Waals surface area contributed by atoms with Gasteiger partial charge >= 0.3 is 0 Å². The lowest BCUT2D eigenvalue weighted by Crippen LogP contribution is -2.47. The zero-order chi connectivity index (χ0) is 19.8. The Morgan fingerprint density at radius 1 is 1.18 bits per heavy atom. The summed E-state index contributed by atoms with van der Waals surface area (Å²) in [5.41, 5.74) is 0.0767. The van der Waals surface area contributed by atoms with E-state index in [1.807, 2.05) is 11.0 Å². The van der Waals surface area contributed by atoms with Crippen LogP contribution in [0.2, 0.25) is 0 Å². The maximum absolute atomic E-state index is 12.3. The lowest BCUT2D eigenvalue weighted by molar-refractivity contribution is -0.117. The van der Waals surface area contributed by atoms with Crippen LogP contribution in [0.25, 0.3) is 0 Å². The Labute approximate surface area is 164 Å². The fourth-order valence-corrected chi connectivity index (χ4v) is 3.18. The fraction of sp³-hybridized carbons (Fsp3) is 0.526. The molecular weight excluding hydrogens is 362 g/mol. The average Bonchev–Trinajstić information content (AvgIpc) is 3.27. The first-order valence-electron chi connectivity index (χ1n) is 9.44. The van der Waals surface area contributed by atoms with Gasteiger partial charge in [-0.15, -0.1) is 0 Å². The van der Waals surface area contributed by atoms with Gasteiger partial charge in [-0.25, -0.2) is 0 Å². The summed E-state index contributed by atoms with van der Waals surface area (Å²) in [6.07, 6.45) is 3.06. The van der Waals surface area contributed by atoms with Crippen LogP contribution < -0.4 is 5.32 Å². The van der Waals surface area contributed by atoms with Crippen LogP contribution in [0, 0.1) is 11.3 Å². The third-order valence-corrected chi connectivity index (χ3v) is 4.83. The SMILES string of the molecule is N#C/C(=C/N1CCN(C(=O)c2ccco2)CC1)C(=O)NCCN1CCOCC1. The van der Waals surface area contributed by atoms with E-state index in [4.69, 9.17) is 9.15 Å². The van der Waals surface area contributed by atoms with E-state index < -0.39 is 0 Å². The van der Waals surface area contributed by atoms with Gasteiger partial charge in [-0.3, -0.25) is 14.5 Å². The zero-order valence-corrected chi connectivity index (χ0v) is 15.8. The van der Waals surface area contributed by atoms with E-state index >= 15 is 0 Å². The highest BCUT2D eigenvalue weighted by Gasteiger charge is 2.23. The molecule has 3 rings (SSSR count). The number of carbonyl (C=O) groups is 2. The standard InChI is InChI=1S/C19H25N5O4/c20-14-16(18(25)21-3-4-22-9-12-27-13-10-22)15-23-5-7-24(8-6-23)19(26)17-2-1-11-28-17/h1-2,11,15H,3-10,12-13H2,(H,21,25)/b16-15-. The number of rotatable bonds is 6. The minimum absolute atomic E-state index is 0.0767. The number of furan rings is 1. The molecule has 2 saturated heterocycles. The van der Waals surface area contributed by atoms with Crippen LogP contribution >= 0.6 is 0 Å². The van der Waals surface area contributed by atoms with E-state index in [0.717, 1.165) is 19.6 Å². The van der Waals surface area contributed by atoms with Crippen LogP contribution in [-0.2, 0) is 9.53 Å². The molecule has 0 spiro atoms. The minimum Gasteiger partial charge on any atom is -0.459 e. The molecule has 0 saturated carbocycles. The summed E-state index contributed by atoms with van der Waals surface area (Å²) in [6.45, 7) is 6.50. The molecule has 9 nitrogen and oxygen atoms in total. The van der Waals surface area contributed by atoms with Gasteiger partial charge in [0.25, 0.3) is 11.8 Å².